The minimum Gasteiger partial charge on any atom is -0.322 e. The van der Waals surface area contributed by atoms with E-state index in [0.717, 1.165) is 6.07 Å². The number of rotatable bonds is 2. The fourth-order valence-corrected chi connectivity index (χ4v) is 1.51. The number of benzene rings is 2. The molecule has 1 N–H and O–H groups in total. The Morgan fingerprint density at radius 3 is 2.05 bits per heavy atom. The lowest BCUT2D eigenvalue weighted by Gasteiger charge is -2.08. The molecule has 2 nitrogen and oxygen atoms in total. The Hall–Kier alpha value is -2.51. The van der Waals surface area contributed by atoms with Crippen LogP contribution in [0.1, 0.15) is 10.4 Å². The van der Waals surface area contributed by atoms with E-state index in [1.165, 1.54) is 0 Å². The van der Waals surface area contributed by atoms with E-state index in [2.05, 4.69) is 0 Å². The number of halogens is 6. The van der Waals surface area contributed by atoms with Crippen LogP contribution >= 0.6 is 0 Å². The van der Waals surface area contributed by atoms with Crippen LogP contribution in [-0.2, 0) is 0 Å². The number of nitrogens with one attached hydrogen (secondary N) is 1. The minimum atomic E-state index is -2.15. The first-order valence-electron chi connectivity index (χ1n) is 5.40. The Morgan fingerprint density at radius 1 is 0.762 bits per heavy atom. The van der Waals surface area contributed by atoms with Gasteiger partial charge < -0.3 is 5.32 Å². The Balaban J connectivity index is 2.35. The molecule has 0 spiro atoms. The molecule has 0 saturated heterocycles. The maximum atomic E-state index is 13.4. The van der Waals surface area contributed by atoms with Gasteiger partial charge in [0.05, 0.1) is 5.56 Å². The standard InChI is InChI=1S/C13H5F6NO/c14-7-2-1-5(3-8(7)15)20-13(21)6-4-9(16)11(18)12(19)10(6)17/h1-4H,(H,20,21). The van der Waals surface area contributed by atoms with Crippen LogP contribution in [0.4, 0.5) is 32.0 Å². The smallest absolute Gasteiger partial charge is 0.258 e. The van der Waals surface area contributed by atoms with Crippen molar-refractivity contribution < 1.29 is 31.1 Å². The first-order valence-corrected chi connectivity index (χ1v) is 5.40. The normalized spacial score (nSPS) is 10.6. The molecule has 0 saturated carbocycles. The predicted molar refractivity (Wildman–Crippen MR) is 60.6 cm³/mol. The molecule has 1 amide bonds. The van der Waals surface area contributed by atoms with Gasteiger partial charge in [0, 0.05) is 11.8 Å². The number of amides is 1. The Kier molecular flexibility index (Phi) is 3.88. The van der Waals surface area contributed by atoms with Crippen molar-refractivity contribution >= 4 is 11.6 Å². The average molecular weight is 305 g/mol. The first-order chi connectivity index (χ1) is 9.81. The van der Waals surface area contributed by atoms with E-state index >= 15 is 0 Å². The number of carbonyl (C=O) groups is 1. The van der Waals surface area contributed by atoms with Crippen molar-refractivity contribution in [2.24, 2.45) is 0 Å². The third-order valence-corrected chi connectivity index (χ3v) is 2.52. The maximum absolute atomic E-state index is 13.4. The van der Waals surface area contributed by atoms with Crippen molar-refractivity contribution in [3.63, 3.8) is 0 Å². The molecule has 8 heteroatoms. The molecule has 2 aromatic rings. The first kappa shape index (κ1) is 14.9. The topological polar surface area (TPSA) is 29.1 Å². The summed E-state index contributed by atoms with van der Waals surface area (Å²) in [7, 11) is 0. The lowest BCUT2D eigenvalue weighted by atomic mass is 10.1. The molecule has 0 aliphatic carbocycles. The molecule has 0 aliphatic heterocycles. The van der Waals surface area contributed by atoms with Gasteiger partial charge in [0.2, 0.25) is 0 Å². The van der Waals surface area contributed by atoms with Crippen LogP contribution in [0.15, 0.2) is 24.3 Å². The largest absolute Gasteiger partial charge is 0.322 e. The van der Waals surface area contributed by atoms with Gasteiger partial charge in [0.15, 0.2) is 34.9 Å². The Labute approximate surface area is 114 Å². The highest BCUT2D eigenvalue weighted by atomic mass is 19.2. The molecule has 0 bridgehead atoms. The lowest BCUT2D eigenvalue weighted by molar-refractivity contribution is 0.102. The van der Waals surface area contributed by atoms with Gasteiger partial charge in [0.1, 0.15) is 0 Å². The van der Waals surface area contributed by atoms with Crippen LogP contribution in [0.25, 0.3) is 0 Å². The van der Waals surface area contributed by atoms with E-state index in [0.29, 0.717) is 12.1 Å². The fraction of sp³-hybridized carbons (Fsp3) is 0. The summed E-state index contributed by atoms with van der Waals surface area (Å²) in [6, 6.07) is 2.38. The summed E-state index contributed by atoms with van der Waals surface area (Å²) in [6.07, 6.45) is 0. The Morgan fingerprint density at radius 2 is 1.43 bits per heavy atom. The van der Waals surface area contributed by atoms with Crippen LogP contribution in [0, 0.1) is 34.9 Å². The number of hydrogen-bond donors (Lipinski definition) is 1. The van der Waals surface area contributed by atoms with Crippen LogP contribution in [0.3, 0.4) is 0 Å². The number of carbonyl (C=O) groups excluding carboxylic acids is 1. The number of anilines is 1. The van der Waals surface area contributed by atoms with E-state index in [1.807, 2.05) is 5.32 Å². The molecular formula is C13H5F6NO. The quantitative estimate of drug-likeness (QED) is 0.511. The van der Waals surface area contributed by atoms with E-state index in [-0.39, 0.29) is 11.8 Å². The van der Waals surface area contributed by atoms with Crippen molar-refractivity contribution in [1.82, 2.24) is 0 Å². The summed E-state index contributed by atoms with van der Waals surface area (Å²) in [5, 5.41) is 1.90. The van der Waals surface area contributed by atoms with Gasteiger partial charge in [-0.1, -0.05) is 0 Å². The van der Waals surface area contributed by atoms with Crippen molar-refractivity contribution in [2.75, 3.05) is 5.32 Å². The second-order valence-corrected chi connectivity index (χ2v) is 3.93. The molecule has 2 rings (SSSR count). The zero-order valence-electron chi connectivity index (χ0n) is 9.99. The predicted octanol–water partition coefficient (Wildman–Crippen LogP) is 3.77. The van der Waals surface area contributed by atoms with Crippen LogP contribution < -0.4 is 5.32 Å². The van der Waals surface area contributed by atoms with Gasteiger partial charge in [0.25, 0.3) is 5.91 Å². The third kappa shape index (κ3) is 2.83. The second kappa shape index (κ2) is 5.47. The molecule has 0 fully saturated rings. The van der Waals surface area contributed by atoms with Gasteiger partial charge >= 0.3 is 0 Å². The van der Waals surface area contributed by atoms with Gasteiger partial charge in [-0.05, 0) is 18.2 Å². The van der Waals surface area contributed by atoms with Gasteiger partial charge in [-0.3, -0.25) is 4.79 Å². The van der Waals surface area contributed by atoms with E-state index < -0.39 is 46.4 Å². The molecule has 21 heavy (non-hydrogen) atoms. The molecule has 0 atom stereocenters. The SMILES string of the molecule is O=C(Nc1ccc(F)c(F)c1)c1cc(F)c(F)c(F)c1F. The summed E-state index contributed by atoms with van der Waals surface area (Å²) < 4.78 is 77.7. The van der Waals surface area contributed by atoms with Crippen molar-refractivity contribution in [3.8, 4) is 0 Å². The molecular weight excluding hydrogens is 300 g/mol. The average Bonchev–Trinajstić information content (AvgIpc) is 2.44. The van der Waals surface area contributed by atoms with Crippen LogP contribution in [-0.4, -0.2) is 5.91 Å². The third-order valence-electron chi connectivity index (χ3n) is 2.52. The monoisotopic (exact) mass is 305 g/mol. The fourth-order valence-electron chi connectivity index (χ4n) is 1.51. The number of hydrogen-bond acceptors (Lipinski definition) is 1. The molecule has 0 aliphatic rings. The molecule has 110 valence electrons. The summed E-state index contributed by atoms with van der Waals surface area (Å²) >= 11 is 0. The van der Waals surface area contributed by atoms with Crippen LogP contribution in [0.2, 0.25) is 0 Å². The van der Waals surface area contributed by atoms with E-state index in [1.54, 1.807) is 0 Å². The van der Waals surface area contributed by atoms with Crippen molar-refractivity contribution in [2.45, 2.75) is 0 Å². The Bertz CT molecular complexity index is 731. The highest BCUT2D eigenvalue weighted by Crippen LogP contribution is 2.20. The second-order valence-electron chi connectivity index (χ2n) is 3.93. The minimum absolute atomic E-state index is 0.156. The van der Waals surface area contributed by atoms with Crippen molar-refractivity contribution in [3.05, 3.63) is 64.7 Å². The van der Waals surface area contributed by atoms with Gasteiger partial charge in [-0.25, -0.2) is 26.3 Å². The van der Waals surface area contributed by atoms with E-state index in [9.17, 15) is 31.1 Å². The van der Waals surface area contributed by atoms with Gasteiger partial charge in [-0.2, -0.15) is 0 Å². The summed E-state index contributed by atoms with van der Waals surface area (Å²) in [4.78, 5) is 11.6. The maximum Gasteiger partial charge on any atom is 0.258 e. The lowest BCUT2D eigenvalue weighted by Crippen LogP contribution is -2.16. The van der Waals surface area contributed by atoms with Crippen molar-refractivity contribution in [1.29, 1.82) is 0 Å². The van der Waals surface area contributed by atoms with Crippen LogP contribution in [0.5, 0.6) is 0 Å². The summed E-state index contributed by atoms with van der Waals surface area (Å²) in [5.41, 5.74) is -1.39. The van der Waals surface area contributed by atoms with E-state index in [4.69, 9.17) is 0 Å². The highest BCUT2D eigenvalue weighted by Gasteiger charge is 2.23. The van der Waals surface area contributed by atoms with Gasteiger partial charge in [-0.15, -0.1) is 0 Å². The molecule has 0 unspecified atom stereocenters. The molecule has 0 aromatic heterocycles. The molecule has 0 heterocycles. The molecule has 0 radical (unpaired) electrons. The summed E-state index contributed by atoms with van der Waals surface area (Å²) in [5.74, 6) is -11.7. The summed E-state index contributed by atoms with van der Waals surface area (Å²) in [6.45, 7) is 0. The zero-order valence-corrected chi connectivity index (χ0v) is 9.99. The zero-order chi connectivity index (χ0) is 15.7. The highest BCUT2D eigenvalue weighted by molar-refractivity contribution is 6.04. The molecule has 2 aromatic carbocycles.